The van der Waals surface area contributed by atoms with Gasteiger partial charge in [-0.2, -0.15) is 0 Å². The summed E-state index contributed by atoms with van der Waals surface area (Å²) >= 11 is 1.69. The Morgan fingerprint density at radius 2 is 2.06 bits per heavy atom. The van der Waals surface area contributed by atoms with Crippen LogP contribution in [0.1, 0.15) is 26.3 Å². The second-order valence-corrected chi connectivity index (χ2v) is 6.24. The van der Waals surface area contributed by atoms with Crippen molar-refractivity contribution in [1.29, 1.82) is 0 Å². The third-order valence-electron chi connectivity index (χ3n) is 2.67. The quantitative estimate of drug-likeness (QED) is 0.870. The van der Waals surface area contributed by atoms with Gasteiger partial charge in [0.2, 0.25) is 0 Å². The van der Waals surface area contributed by atoms with Crippen molar-refractivity contribution in [3.05, 3.63) is 35.0 Å². The van der Waals surface area contributed by atoms with Gasteiger partial charge in [0, 0.05) is 10.2 Å². The van der Waals surface area contributed by atoms with E-state index in [9.17, 15) is 4.39 Å². The first-order valence-corrected chi connectivity index (χ1v) is 6.74. The molecule has 0 aliphatic rings. The highest BCUT2D eigenvalue weighted by Crippen LogP contribution is 2.26. The predicted octanol–water partition coefficient (Wildman–Crippen LogP) is 3.97. The fourth-order valence-corrected chi connectivity index (χ4v) is 2.80. The highest BCUT2D eigenvalue weighted by atomic mass is 32.1. The second-order valence-electron chi connectivity index (χ2n) is 5.33. The minimum atomic E-state index is -0.152. The fraction of sp³-hybridized carbons (Fsp3) is 0.429. The molecule has 0 aliphatic carbocycles. The second kappa shape index (κ2) is 4.75. The fourth-order valence-electron chi connectivity index (χ4n) is 1.82. The number of rotatable bonds is 3. The number of thiophene rings is 1. The van der Waals surface area contributed by atoms with Crippen molar-refractivity contribution in [3.63, 3.8) is 0 Å². The zero-order valence-electron chi connectivity index (χ0n) is 10.5. The Balaban J connectivity index is 2.11. The maximum Gasteiger partial charge on any atom is 0.123 e. The van der Waals surface area contributed by atoms with E-state index >= 15 is 0 Å². The van der Waals surface area contributed by atoms with Crippen LogP contribution in [0.2, 0.25) is 0 Å². The first kappa shape index (κ1) is 12.5. The summed E-state index contributed by atoms with van der Waals surface area (Å²) in [6, 6.07) is 5.02. The van der Waals surface area contributed by atoms with Gasteiger partial charge in [0.05, 0.1) is 0 Å². The minimum absolute atomic E-state index is 0.136. The number of fused-ring (bicyclic) bond motifs is 1. The van der Waals surface area contributed by atoms with Crippen LogP contribution in [0.15, 0.2) is 23.6 Å². The molecule has 2 rings (SSSR count). The molecule has 0 aliphatic heterocycles. The average Bonchev–Trinajstić information content (AvgIpc) is 2.59. The van der Waals surface area contributed by atoms with Crippen molar-refractivity contribution >= 4 is 21.4 Å². The lowest BCUT2D eigenvalue weighted by Gasteiger charge is -2.20. The monoisotopic (exact) mass is 251 g/mol. The standard InChI is InChI=1S/C14H18FNS/c1-14(2,3)16-7-6-10-9-17-13-5-4-11(15)8-12(10)13/h4-5,8-9,16H,6-7H2,1-3H3. The highest BCUT2D eigenvalue weighted by Gasteiger charge is 2.09. The number of nitrogens with one attached hydrogen (secondary N) is 1. The molecule has 1 heterocycles. The number of hydrogen-bond donors (Lipinski definition) is 1. The molecule has 0 atom stereocenters. The Labute approximate surface area is 106 Å². The normalized spacial score (nSPS) is 12.2. The van der Waals surface area contributed by atoms with E-state index in [0.717, 1.165) is 23.1 Å². The van der Waals surface area contributed by atoms with E-state index in [1.807, 2.05) is 6.07 Å². The largest absolute Gasteiger partial charge is 0.312 e. The first-order chi connectivity index (χ1) is 7.96. The van der Waals surface area contributed by atoms with Gasteiger partial charge in [-0.15, -0.1) is 11.3 Å². The lowest BCUT2D eigenvalue weighted by Crippen LogP contribution is -2.37. The molecule has 1 nitrogen and oxygen atoms in total. The highest BCUT2D eigenvalue weighted by molar-refractivity contribution is 7.17. The van der Waals surface area contributed by atoms with Crippen molar-refractivity contribution < 1.29 is 4.39 Å². The summed E-state index contributed by atoms with van der Waals surface area (Å²) in [5.41, 5.74) is 1.37. The summed E-state index contributed by atoms with van der Waals surface area (Å²) < 4.78 is 14.4. The molecule has 0 fully saturated rings. The summed E-state index contributed by atoms with van der Waals surface area (Å²) in [5.74, 6) is -0.152. The van der Waals surface area contributed by atoms with Gasteiger partial charge in [-0.3, -0.25) is 0 Å². The molecule has 0 bridgehead atoms. The van der Waals surface area contributed by atoms with Crippen LogP contribution < -0.4 is 5.32 Å². The minimum Gasteiger partial charge on any atom is -0.312 e. The molecule has 92 valence electrons. The van der Waals surface area contributed by atoms with Crippen LogP contribution in [-0.4, -0.2) is 12.1 Å². The Kier molecular flexibility index (Phi) is 3.50. The third-order valence-corrected chi connectivity index (χ3v) is 3.68. The average molecular weight is 251 g/mol. The van der Waals surface area contributed by atoms with Gasteiger partial charge in [-0.05, 0) is 68.3 Å². The summed E-state index contributed by atoms with van der Waals surface area (Å²) in [7, 11) is 0. The lowest BCUT2D eigenvalue weighted by atomic mass is 10.1. The molecule has 2 aromatic rings. The number of halogens is 1. The SMILES string of the molecule is CC(C)(C)NCCc1csc2ccc(F)cc12. The zero-order valence-corrected chi connectivity index (χ0v) is 11.3. The van der Waals surface area contributed by atoms with E-state index in [4.69, 9.17) is 0 Å². The van der Waals surface area contributed by atoms with E-state index in [1.165, 1.54) is 11.6 Å². The molecule has 3 heteroatoms. The maximum absolute atomic E-state index is 13.2. The molecule has 0 unspecified atom stereocenters. The van der Waals surface area contributed by atoms with Gasteiger partial charge in [0.25, 0.3) is 0 Å². The van der Waals surface area contributed by atoms with E-state index in [0.29, 0.717) is 0 Å². The van der Waals surface area contributed by atoms with Gasteiger partial charge in [0.15, 0.2) is 0 Å². The molecule has 0 amide bonds. The lowest BCUT2D eigenvalue weighted by molar-refractivity contribution is 0.430. The molecule has 0 radical (unpaired) electrons. The zero-order chi connectivity index (χ0) is 12.5. The van der Waals surface area contributed by atoms with Crippen LogP contribution in [0, 0.1) is 5.82 Å². The van der Waals surface area contributed by atoms with Crippen molar-refractivity contribution in [2.45, 2.75) is 32.7 Å². The van der Waals surface area contributed by atoms with Crippen LogP contribution in [0.3, 0.4) is 0 Å². The molecule has 0 saturated carbocycles. The van der Waals surface area contributed by atoms with E-state index < -0.39 is 0 Å². The van der Waals surface area contributed by atoms with Crippen LogP contribution in [0.4, 0.5) is 4.39 Å². The summed E-state index contributed by atoms with van der Waals surface area (Å²) in [5, 5.41) is 6.64. The van der Waals surface area contributed by atoms with Crippen molar-refractivity contribution in [3.8, 4) is 0 Å². The molecule has 1 aromatic heterocycles. The van der Waals surface area contributed by atoms with Crippen molar-refractivity contribution in [2.75, 3.05) is 6.54 Å². The number of benzene rings is 1. The maximum atomic E-state index is 13.2. The predicted molar refractivity (Wildman–Crippen MR) is 73.2 cm³/mol. The van der Waals surface area contributed by atoms with Crippen molar-refractivity contribution in [1.82, 2.24) is 5.32 Å². The van der Waals surface area contributed by atoms with Crippen LogP contribution >= 0.6 is 11.3 Å². The molecule has 1 N–H and O–H groups in total. The van der Waals surface area contributed by atoms with Crippen molar-refractivity contribution in [2.24, 2.45) is 0 Å². The molecule has 17 heavy (non-hydrogen) atoms. The van der Waals surface area contributed by atoms with Crippen LogP contribution in [0.25, 0.3) is 10.1 Å². The molecule has 1 aromatic carbocycles. The smallest absolute Gasteiger partial charge is 0.123 e. The van der Waals surface area contributed by atoms with Gasteiger partial charge in [-0.1, -0.05) is 0 Å². The van der Waals surface area contributed by atoms with Gasteiger partial charge < -0.3 is 5.32 Å². The Morgan fingerprint density at radius 3 is 2.76 bits per heavy atom. The van der Waals surface area contributed by atoms with E-state index in [-0.39, 0.29) is 11.4 Å². The summed E-state index contributed by atoms with van der Waals surface area (Å²) in [6.07, 6.45) is 0.945. The van der Waals surface area contributed by atoms with Crippen LogP contribution in [0.5, 0.6) is 0 Å². The van der Waals surface area contributed by atoms with Crippen LogP contribution in [-0.2, 0) is 6.42 Å². The van der Waals surface area contributed by atoms with Gasteiger partial charge in [0.1, 0.15) is 5.82 Å². The molecule has 0 saturated heterocycles. The summed E-state index contributed by atoms with van der Waals surface area (Å²) in [6.45, 7) is 7.38. The Hall–Kier alpha value is -0.930. The molecular weight excluding hydrogens is 233 g/mol. The van der Waals surface area contributed by atoms with Gasteiger partial charge in [-0.25, -0.2) is 4.39 Å². The molecule has 0 spiro atoms. The Morgan fingerprint density at radius 1 is 1.29 bits per heavy atom. The number of hydrogen-bond acceptors (Lipinski definition) is 2. The third kappa shape index (κ3) is 3.27. The first-order valence-electron chi connectivity index (χ1n) is 5.86. The van der Waals surface area contributed by atoms with Gasteiger partial charge >= 0.3 is 0 Å². The van der Waals surface area contributed by atoms with E-state index in [2.05, 4.69) is 31.5 Å². The topological polar surface area (TPSA) is 12.0 Å². The van der Waals surface area contributed by atoms with E-state index in [1.54, 1.807) is 17.4 Å². The Bertz CT molecular complexity index is 510. The molecular formula is C14H18FNS. The summed E-state index contributed by atoms with van der Waals surface area (Å²) in [4.78, 5) is 0.